The van der Waals surface area contributed by atoms with E-state index in [1.54, 1.807) is 0 Å². The summed E-state index contributed by atoms with van der Waals surface area (Å²) in [6.07, 6.45) is 0.273. The maximum atomic E-state index is 5.96. The highest BCUT2D eigenvalue weighted by atomic mass is 127. The molecule has 13 heavy (non-hydrogen) atoms. The monoisotopic (exact) mass is 310 g/mol. The van der Waals surface area contributed by atoms with Gasteiger partial charge in [0.15, 0.2) is 0 Å². The van der Waals surface area contributed by atoms with Crippen molar-refractivity contribution in [2.24, 2.45) is 0 Å². The van der Waals surface area contributed by atoms with Crippen LogP contribution < -0.4 is 4.74 Å². The van der Waals surface area contributed by atoms with E-state index in [1.807, 2.05) is 18.2 Å². The van der Waals surface area contributed by atoms with Gasteiger partial charge in [0.25, 0.3) is 0 Å². The Balaban J connectivity index is 2.01. The molecule has 1 saturated heterocycles. The van der Waals surface area contributed by atoms with Gasteiger partial charge in [-0.05, 0) is 40.8 Å². The van der Waals surface area contributed by atoms with Crippen molar-refractivity contribution in [2.75, 3.05) is 13.2 Å². The fourth-order valence-corrected chi connectivity index (χ4v) is 1.85. The molecule has 1 heterocycles. The van der Waals surface area contributed by atoms with E-state index < -0.39 is 0 Å². The highest BCUT2D eigenvalue weighted by molar-refractivity contribution is 14.1. The summed E-state index contributed by atoms with van der Waals surface area (Å²) >= 11 is 8.17. The van der Waals surface area contributed by atoms with Crippen LogP contribution in [0.4, 0.5) is 0 Å². The zero-order valence-corrected chi connectivity index (χ0v) is 9.71. The predicted molar refractivity (Wildman–Crippen MR) is 59.4 cm³/mol. The molecule has 1 aliphatic rings. The van der Waals surface area contributed by atoms with E-state index in [0.29, 0.717) is 11.6 Å². The van der Waals surface area contributed by atoms with Gasteiger partial charge in [0, 0.05) is 3.57 Å². The summed E-state index contributed by atoms with van der Waals surface area (Å²) in [6, 6.07) is 5.73. The number of hydrogen-bond donors (Lipinski definition) is 0. The van der Waals surface area contributed by atoms with Crippen molar-refractivity contribution in [3.8, 4) is 5.75 Å². The van der Waals surface area contributed by atoms with Crippen LogP contribution in [0.15, 0.2) is 18.2 Å². The van der Waals surface area contributed by atoms with Gasteiger partial charge in [0.1, 0.15) is 18.5 Å². The van der Waals surface area contributed by atoms with Crippen molar-refractivity contribution in [1.29, 1.82) is 0 Å². The second-order valence-electron chi connectivity index (χ2n) is 2.84. The van der Waals surface area contributed by atoms with Gasteiger partial charge >= 0.3 is 0 Å². The third-order valence-corrected chi connectivity index (χ3v) is 2.69. The lowest BCUT2D eigenvalue weighted by Gasteiger charge is -2.05. The third kappa shape index (κ3) is 2.72. The average molecular weight is 311 g/mol. The molecule has 0 spiro atoms. The molecule has 0 N–H and O–H groups in total. The van der Waals surface area contributed by atoms with Crippen LogP contribution in [0.5, 0.6) is 5.75 Å². The predicted octanol–water partition coefficient (Wildman–Crippen LogP) is 2.72. The molecule has 1 aromatic carbocycles. The number of halogens is 2. The summed E-state index contributed by atoms with van der Waals surface area (Å²) in [5, 5.41) is 0.660. The smallest absolute Gasteiger partial charge is 0.138 e. The second-order valence-corrected chi connectivity index (χ2v) is 4.49. The first-order valence-corrected chi connectivity index (χ1v) is 5.41. The summed E-state index contributed by atoms with van der Waals surface area (Å²) in [4.78, 5) is 0. The molecule has 0 aliphatic carbocycles. The Labute approximate surface area is 95.3 Å². The molecule has 1 aromatic rings. The standard InChI is InChI=1S/C9H8ClIO2/c10-8-3-6(11)1-2-9(8)13-5-7-4-12-7/h1-3,7H,4-5H2. The summed E-state index contributed by atoms with van der Waals surface area (Å²) < 4.78 is 11.6. The molecular weight excluding hydrogens is 302 g/mol. The van der Waals surface area contributed by atoms with Crippen molar-refractivity contribution in [3.63, 3.8) is 0 Å². The molecule has 0 bridgehead atoms. The molecule has 1 fully saturated rings. The first kappa shape index (κ1) is 9.55. The maximum absolute atomic E-state index is 5.96. The summed E-state index contributed by atoms with van der Waals surface area (Å²) in [6.45, 7) is 1.41. The van der Waals surface area contributed by atoms with E-state index in [1.165, 1.54) is 0 Å². The molecule has 0 radical (unpaired) electrons. The van der Waals surface area contributed by atoms with Crippen LogP contribution in [0.25, 0.3) is 0 Å². The highest BCUT2D eigenvalue weighted by Crippen LogP contribution is 2.26. The lowest BCUT2D eigenvalue weighted by Crippen LogP contribution is -2.04. The molecule has 1 unspecified atom stereocenters. The third-order valence-electron chi connectivity index (χ3n) is 1.72. The van der Waals surface area contributed by atoms with Crippen LogP contribution in [0.1, 0.15) is 0 Å². The largest absolute Gasteiger partial charge is 0.489 e. The van der Waals surface area contributed by atoms with Gasteiger partial charge in [0.05, 0.1) is 11.6 Å². The topological polar surface area (TPSA) is 21.8 Å². The number of ether oxygens (including phenoxy) is 2. The molecule has 1 aliphatic heterocycles. The van der Waals surface area contributed by atoms with Gasteiger partial charge in [-0.15, -0.1) is 0 Å². The summed E-state index contributed by atoms with van der Waals surface area (Å²) in [5.41, 5.74) is 0. The maximum Gasteiger partial charge on any atom is 0.138 e. The average Bonchev–Trinajstić information content (AvgIpc) is 2.86. The number of benzene rings is 1. The van der Waals surface area contributed by atoms with Crippen molar-refractivity contribution in [3.05, 3.63) is 26.8 Å². The lowest BCUT2D eigenvalue weighted by atomic mass is 10.3. The lowest BCUT2D eigenvalue weighted by molar-refractivity contribution is 0.263. The van der Waals surface area contributed by atoms with Gasteiger partial charge in [-0.25, -0.2) is 0 Å². The Kier molecular flexibility index (Phi) is 2.96. The molecule has 1 atom stereocenters. The number of rotatable bonds is 3. The van der Waals surface area contributed by atoms with E-state index in [9.17, 15) is 0 Å². The van der Waals surface area contributed by atoms with Crippen molar-refractivity contribution < 1.29 is 9.47 Å². The van der Waals surface area contributed by atoms with Gasteiger partial charge in [-0.1, -0.05) is 11.6 Å². The van der Waals surface area contributed by atoms with Gasteiger partial charge in [-0.2, -0.15) is 0 Å². The normalized spacial score (nSPS) is 20.0. The van der Waals surface area contributed by atoms with Crippen LogP contribution in [-0.2, 0) is 4.74 Å². The van der Waals surface area contributed by atoms with Crippen molar-refractivity contribution >= 4 is 34.2 Å². The molecular formula is C9H8ClIO2. The fourth-order valence-electron chi connectivity index (χ4n) is 0.939. The minimum Gasteiger partial charge on any atom is -0.489 e. The van der Waals surface area contributed by atoms with Gasteiger partial charge in [0.2, 0.25) is 0 Å². The van der Waals surface area contributed by atoms with Gasteiger partial charge < -0.3 is 9.47 Å². The molecule has 0 saturated carbocycles. The number of hydrogen-bond acceptors (Lipinski definition) is 2. The first-order chi connectivity index (χ1) is 6.25. The van der Waals surface area contributed by atoms with Crippen LogP contribution in [0.3, 0.4) is 0 Å². The molecule has 70 valence electrons. The Bertz CT molecular complexity index is 312. The second kappa shape index (κ2) is 4.02. The van der Waals surface area contributed by atoms with E-state index in [4.69, 9.17) is 21.1 Å². The molecule has 2 rings (SSSR count). The molecule has 4 heteroatoms. The Hall–Kier alpha value is -0.000000000000000132. The molecule has 0 amide bonds. The number of epoxide rings is 1. The van der Waals surface area contributed by atoms with E-state index >= 15 is 0 Å². The summed E-state index contributed by atoms with van der Waals surface area (Å²) in [5.74, 6) is 0.734. The quantitative estimate of drug-likeness (QED) is 0.632. The van der Waals surface area contributed by atoms with E-state index in [-0.39, 0.29) is 6.10 Å². The van der Waals surface area contributed by atoms with Crippen molar-refractivity contribution in [2.45, 2.75) is 6.10 Å². The van der Waals surface area contributed by atoms with Crippen molar-refractivity contribution in [1.82, 2.24) is 0 Å². The highest BCUT2D eigenvalue weighted by Gasteiger charge is 2.23. The first-order valence-electron chi connectivity index (χ1n) is 3.95. The minimum absolute atomic E-state index is 0.273. The SMILES string of the molecule is Clc1cc(I)ccc1OCC1CO1. The fraction of sp³-hybridized carbons (Fsp3) is 0.333. The summed E-state index contributed by atoms with van der Waals surface area (Å²) in [7, 11) is 0. The van der Waals surface area contributed by atoms with E-state index in [2.05, 4.69) is 22.6 Å². The van der Waals surface area contributed by atoms with Crippen LogP contribution in [0.2, 0.25) is 5.02 Å². The Morgan fingerprint density at radius 3 is 3.00 bits per heavy atom. The molecule has 0 aromatic heterocycles. The Morgan fingerprint density at radius 1 is 1.62 bits per heavy atom. The Morgan fingerprint density at radius 2 is 2.38 bits per heavy atom. The van der Waals surface area contributed by atoms with Crippen LogP contribution in [0, 0.1) is 3.57 Å². The van der Waals surface area contributed by atoms with Crippen LogP contribution in [-0.4, -0.2) is 19.3 Å². The van der Waals surface area contributed by atoms with Gasteiger partial charge in [-0.3, -0.25) is 0 Å². The van der Waals surface area contributed by atoms with Crippen LogP contribution >= 0.6 is 34.2 Å². The molecule has 2 nitrogen and oxygen atoms in total. The zero-order chi connectivity index (χ0) is 9.26. The minimum atomic E-state index is 0.273. The van der Waals surface area contributed by atoms with E-state index in [0.717, 1.165) is 15.9 Å². The zero-order valence-electron chi connectivity index (χ0n) is 6.80.